The number of rotatable bonds is 2. The van der Waals surface area contributed by atoms with E-state index >= 15 is 0 Å². The Morgan fingerprint density at radius 3 is 2.56 bits per heavy atom. The normalized spacial score (nSPS) is 22.2. The quantitative estimate of drug-likeness (QED) is 0.654. The van der Waals surface area contributed by atoms with Gasteiger partial charge in [-0.05, 0) is 55.7 Å². The van der Waals surface area contributed by atoms with E-state index in [-0.39, 0.29) is 32.1 Å². The maximum Gasteiger partial charge on any atom is 0.434 e. The van der Waals surface area contributed by atoms with Crippen LogP contribution < -0.4 is 4.90 Å². The maximum atomic E-state index is 13.3. The SMILES string of the molecule is O=C(c1cccnc1C(F)(F)F)N1CCCC2(CC1)CN(c1ccc(F)cc1)C(=O)CO2. The Hall–Kier alpha value is -3.01. The molecule has 1 aromatic carbocycles. The lowest BCUT2D eigenvalue weighted by atomic mass is 9.92. The van der Waals surface area contributed by atoms with Gasteiger partial charge in [-0.2, -0.15) is 13.2 Å². The standard InChI is InChI=1S/C22H21F4N3O3/c23-15-4-6-16(7-5-15)29-14-21(32-13-18(29)30)8-2-11-28(12-9-21)20(31)17-3-1-10-27-19(17)22(24,25)26/h1,3-7,10H,2,8-9,11-14H2. The summed E-state index contributed by atoms with van der Waals surface area (Å²) in [5, 5.41) is 0. The van der Waals surface area contributed by atoms with Crippen LogP contribution in [0.4, 0.5) is 23.2 Å². The van der Waals surface area contributed by atoms with Crippen molar-refractivity contribution in [1.82, 2.24) is 9.88 Å². The fraction of sp³-hybridized carbons (Fsp3) is 0.409. The Bertz CT molecular complexity index is 1010. The zero-order valence-electron chi connectivity index (χ0n) is 17.1. The zero-order valence-corrected chi connectivity index (χ0v) is 17.1. The van der Waals surface area contributed by atoms with E-state index in [9.17, 15) is 27.2 Å². The van der Waals surface area contributed by atoms with E-state index in [2.05, 4.69) is 4.98 Å². The number of anilines is 1. The fourth-order valence-corrected chi connectivity index (χ4v) is 4.22. The molecule has 32 heavy (non-hydrogen) atoms. The van der Waals surface area contributed by atoms with Crippen molar-refractivity contribution in [2.75, 3.05) is 31.1 Å². The van der Waals surface area contributed by atoms with Crippen molar-refractivity contribution < 1.29 is 31.9 Å². The largest absolute Gasteiger partial charge is 0.434 e. The molecular weight excluding hydrogens is 430 g/mol. The lowest BCUT2D eigenvalue weighted by Gasteiger charge is -2.42. The minimum atomic E-state index is -4.73. The van der Waals surface area contributed by atoms with Gasteiger partial charge < -0.3 is 14.5 Å². The van der Waals surface area contributed by atoms with Crippen molar-refractivity contribution in [1.29, 1.82) is 0 Å². The summed E-state index contributed by atoms with van der Waals surface area (Å²) >= 11 is 0. The van der Waals surface area contributed by atoms with Crippen molar-refractivity contribution in [3.05, 3.63) is 59.7 Å². The number of halogens is 4. The Morgan fingerprint density at radius 1 is 1.09 bits per heavy atom. The van der Waals surface area contributed by atoms with E-state index in [1.54, 1.807) is 0 Å². The number of likely N-dealkylation sites (tertiary alicyclic amines) is 1. The summed E-state index contributed by atoms with van der Waals surface area (Å²) in [6, 6.07) is 8.00. The second-order valence-corrected chi connectivity index (χ2v) is 7.97. The van der Waals surface area contributed by atoms with Crippen LogP contribution in [0.1, 0.15) is 35.3 Å². The molecule has 2 saturated heterocycles. The van der Waals surface area contributed by atoms with Gasteiger partial charge in [0.1, 0.15) is 12.4 Å². The van der Waals surface area contributed by atoms with E-state index in [0.717, 1.165) is 12.3 Å². The van der Waals surface area contributed by atoms with Crippen LogP contribution in [-0.4, -0.2) is 53.5 Å². The van der Waals surface area contributed by atoms with E-state index in [1.807, 2.05) is 0 Å². The first-order valence-electron chi connectivity index (χ1n) is 10.2. The highest BCUT2D eigenvalue weighted by atomic mass is 19.4. The fourth-order valence-electron chi connectivity index (χ4n) is 4.22. The van der Waals surface area contributed by atoms with Crippen LogP contribution in [0.5, 0.6) is 0 Å². The van der Waals surface area contributed by atoms with E-state index in [4.69, 9.17) is 4.74 Å². The average Bonchev–Trinajstić information content (AvgIpc) is 2.98. The number of hydrogen-bond donors (Lipinski definition) is 0. The lowest BCUT2D eigenvalue weighted by molar-refractivity contribution is -0.141. The second-order valence-electron chi connectivity index (χ2n) is 7.97. The highest BCUT2D eigenvalue weighted by Crippen LogP contribution is 2.34. The number of carbonyl (C=O) groups excluding carboxylic acids is 2. The summed E-state index contributed by atoms with van der Waals surface area (Å²) in [6.45, 7) is 0.503. The highest BCUT2D eigenvalue weighted by molar-refractivity contribution is 5.96. The molecule has 1 unspecified atom stereocenters. The van der Waals surface area contributed by atoms with Crippen LogP contribution in [0, 0.1) is 5.82 Å². The lowest BCUT2D eigenvalue weighted by Crippen LogP contribution is -2.55. The number of alkyl halides is 3. The summed E-state index contributed by atoms with van der Waals surface area (Å²) in [7, 11) is 0. The number of amides is 2. The third-order valence-electron chi connectivity index (χ3n) is 5.88. The molecule has 2 aliphatic heterocycles. The van der Waals surface area contributed by atoms with Crippen molar-refractivity contribution in [2.24, 2.45) is 0 Å². The van der Waals surface area contributed by atoms with Gasteiger partial charge in [0.05, 0.1) is 17.7 Å². The Balaban J connectivity index is 1.51. The number of morpholine rings is 1. The first-order chi connectivity index (χ1) is 15.2. The molecule has 0 N–H and O–H groups in total. The van der Waals surface area contributed by atoms with Crippen molar-refractivity contribution in [2.45, 2.75) is 31.0 Å². The predicted molar refractivity (Wildman–Crippen MR) is 106 cm³/mol. The molecular formula is C22H21F4N3O3. The first-order valence-corrected chi connectivity index (χ1v) is 10.2. The number of aromatic nitrogens is 1. The summed E-state index contributed by atoms with van der Waals surface area (Å²) in [5.74, 6) is -1.41. The molecule has 4 rings (SSSR count). The predicted octanol–water partition coefficient (Wildman–Crippen LogP) is 3.67. The smallest absolute Gasteiger partial charge is 0.363 e. The van der Waals surface area contributed by atoms with Gasteiger partial charge in [0.15, 0.2) is 5.69 Å². The Morgan fingerprint density at radius 2 is 1.84 bits per heavy atom. The molecule has 2 aromatic rings. The van der Waals surface area contributed by atoms with Crippen LogP contribution in [0.25, 0.3) is 0 Å². The zero-order chi connectivity index (χ0) is 22.9. The molecule has 1 spiro atoms. The van der Waals surface area contributed by atoms with Gasteiger partial charge in [0.25, 0.3) is 11.8 Å². The maximum absolute atomic E-state index is 13.3. The van der Waals surface area contributed by atoms with Crippen LogP contribution in [0.3, 0.4) is 0 Å². The summed E-state index contributed by atoms with van der Waals surface area (Å²) < 4.78 is 59.0. The molecule has 6 nitrogen and oxygen atoms in total. The number of hydrogen-bond acceptors (Lipinski definition) is 4. The molecule has 2 aliphatic rings. The number of carbonyl (C=O) groups is 2. The van der Waals surface area contributed by atoms with Gasteiger partial charge in [0.2, 0.25) is 0 Å². The van der Waals surface area contributed by atoms with Gasteiger partial charge in [0, 0.05) is 25.0 Å². The molecule has 0 saturated carbocycles. The van der Waals surface area contributed by atoms with Gasteiger partial charge in [-0.1, -0.05) is 0 Å². The van der Waals surface area contributed by atoms with Crippen molar-refractivity contribution in [3.8, 4) is 0 Å². The highest BCUT2D eigenvalue weighted by Gasteiger charge is 2.43. The summed E-state index contributed by atoms with van der Waals surface area (Å²) in [6.07, 6.45) is -2.35. The molecule has 170 valence electrons. The monoisotopic (exact) mass is 451 g/mol. The van der Waals surface area contributed by atoms with Crippen molar-refractivity contribution in [3.63, 3.8) is 0 Å². The van der Waals surface area contributed by atoms with E-state index < -0.39 is 34.8 Å². The molecule has 0 aliphatic carbocycles. The van der Waals surface area contributed by atoms with Crippen LogP contribution in [-0.2, 0) is 15.7 Å². The average molecular weight is 451 g/mol. The number of nitrogens with zero attached hydrogens (tertiary/aromatic N) is 3. The molecule has 2 amide bonds. The molecule has 0 radical (unpaired) electrons. The Kier molecular flexibility index (Phi) is 5.89. The topological polar surface area (TPSA) is 62.7 Å². The minimum Gasteiger partial charge on any atom is -0.363 e. The second kappa shape index (κ2) is 8.50. The Labute approximate surface area is 181 Å². The van der Waals surface area contributed by atoms with Crippen molar-refractivity contribution >= 4 is 17.5 Å². The van der Waals surface area contributed by atoms with Crippen LogP contribution in [0.2, 0.25) is 0 Å². The number of pyridine rings is 1. The van der Waals surface area contributed by atoms with Crippen LogP contribution in [0.15, 0.2) is 42.6 Å². The van der Waals surface area contributed by atoms with Gasteiger partial charge in [-0.25, -0.2) is 4.39 Å². The summed E-state index contributed by atoms with van der Waals surface area (Å²) in [4.78, 5) is 31.6. The minimum absolute atomic E-state index is 0.161. The van der Waals surface area contributed by atoms with E-state index in [0.29, 0.717) is 24.9 Å². The number of benzene rings is 1. The summed E-state index contributed by atoms with van der Waals surface area (Å²) in [5.41, 5.74) is -1.88. The van der Waals surface area contributed by atoms with Gasteiger partial charge in [-0.15, -0.1) is 0 Å². The number of ether oxygens (including phenoxy) is 1. The van der Waals surface area contributed by atoms with E-state index in [1.165, 1.54) is 40.1 Å². The molecule has 10 heteroatoms. The molecule has 1 atom stereocenters. The van der Waals surface area contributed by atoms with Gasteiger partial charge in [-0.3, -0.25) is 14.6 Å². The van der Waals surface area contributed by atoms with Gasteiger partial charge >= 0.3 is 6.18 Å². The molecule has 3 heterocycles. The molecule has 1 aromatic heterocycles. The molecule has 0 bridgehead atoms. The third kappa shape index (κ3) is 4.45. The first kappa shape index (κ1) is 22.2. The third-order valence-corrected chi connectivity index (χ3v) is 5.88. The molecule has 2 fully saturated rings. The van der Waals surface area contributed by atoms with Crippen LogP contribution >= 0.6 is 0 Å².